The molecule has 9 N–H and O–H groups in total. The summed E-state index contributed by atoms with van der Waals surface area (Å²) in [7, 11) is -5.03. The molecule has 0 spiro atoms. The van der Waals surface area contributed by atoms with E-state index in [9.17, 15) is 27.9 Å². The van der Waals surface area contributed by atoms with Crippen LogP contribution < -0.4 is 26.8 Å². The molecule has 1 saturated heterocycles. The van der Waals surface area contributed by atoms with E-state index in [2.05, 4.69) is 25.1 Å². The average Bonchev–Trinajstić information content (AvgIpc) is 3.42. The van der Waals surface area contributed by atoms with E-state index < -0.39 is 57.2 Å². The van der Waals surface area contributed by atoms with Crippen molar-refractivity contribution in [1.29, 1.82) is 5.41 Å². The lowest BCUT2D eigenvalue weighted by Crippen LogP contribution is -2.76. The molecule has 1 aromatic carbocycles. The fourth-order valence-electron chi connectivity index (χ4n) is 5.40. The SMILES string of the molecule is CC1(C)[C@H](NC(=O)/C(=N\O[C@](C)(C(=O)O)[C@H]2CCc3cc(C(=N)N[C@H]4C[C@H](N)C4)ccc3O2)c2csc(N)n2)C(=O)N1OS(=O)(=O)O. The van der Waals surface area contributed by atoms with E-state index >= 15 is 0 Å². The Hall–Kier alpha value is -4.37. The summed E-state index contributed by atoms with van der Waals surface area (Å²) in [5.74, 6) is -2.81. The topological polar surface area (TPSA) is 282 Å². The van der Waals surface area contributed by atoms with Crippen molar-refractivity contribution < 1.29 is 46.3 Å². The fourth-order valence-corrected chi connectivity index (χ4v) is 6.40. The Balaban J connectivity index is 1.33. The minimum Gasteiger partial charge on any atom is -0.485 e. The zero-order valence-corrected chi connectivity index (χ0v) is 27.1. The monoisotopic (exact) mass is 694 g/mol. The summed E-state index contributed by atoms with van der Waals surface area (Å²) >= 11 is 0.961. The Morgan fingerprint density at radius 2 is 2.00 bits per heavy atom. The summed E-state index contributed by atoms with van der Waals surface area (Å²) in [5.41, 5.74) is 8.82. The first-order chi connectivity index (χ1) is 21.9. The third kappa shape index (κ3) is 6.86. The third-order valence-corrected chi connectivity index (χ3v) is 9.30. The molecule has 0 radical (unpaired) electrons. The number of aryl methyl sites for hydroxylation is 1. The molecule has 1 aromatic heterocycles. The number of anilines is 1. The number of aliphatic carboxylic acids is 1. The molecular weight excluding hydrogens is 660 g/mol. The van der Waals surface area contributed by atoms with E-state index in [1.165, 1.54) is 26.2 Å². The molecule has 1 aliphatic carbocycles. The molecule has 2 amide bonds. The number of nitrogens with one attached hydrogen (secondary N) is 3. The highest BCUT2D eigenvalue weighted by molar-refractivity contribution is 7.80. The predicted molar refractivity (Wildman–Crippen MR) is 166 cm³/mol. The number of oxime groups is 1. The Bertz CT molecular complexity index is 1760. The highest BCUT2D eigenvalue weighted by Gasteiger charge is 2.58. The molecule has 254 valence electrons. The Kier molecular flexibility index (Phi) is 8.92. The van der Waals surface area contributed by atoms with E-state index in [-0.39, 0.29) is 35.2 Å². The molecule has 2 fully saturated rings. The normalized spacial score (nSPS) is 24.8. The average molecular weight is 695 g/mol. The van der Waals surface area contributed by atoms with Gasteiger partial charge in [0, 0.05) is 23.0 Å². The maximum Gasteiger partial charge on any atom is 0.418 e. The van der Waals surface area contributed by atoms with Crippen molar-refractivity contribution in [2.75, 3.05) is 5.73 Å². The lowest BCUT2D eigenvalue weighted by Gasteiger charge is -2.50. The van der Waals surface area contributed by atoms with E-state index in [0.29, 0.717) is 22.8 Å². The standard InChI is InChI=1S/C27H34N8O10S2/c1-26(2)20(23(37)35(26)45-47(40,41)42)33-22(36)19(16-11-46-25(30)32-16)34-44-27(3,24(38)39)18-7-5-12-8-13(4-6-17(12)43-18)21(29)31-15-9-14(28)10-15/h4,6,8,11,14-15,18,20H,5,7,9-10,28H2,1-3H3,(H2,29,31)(H2,30,32)(H,33,36)(H,38,39)(H,40,41,42)/b34-19-/t14-,15-,18-,20-,27+/m1/s1. The Morgan fingerprint density at radius 3 is 2.57 bits per heavy atom. The number of β-lactam (4-membered cyclic amide) rings is 1. The van der Waals surface area contributed by atoms with Gasteiger partial charge in [-0.25, -0.2) is 9.78 Å². The minimum absolute atomic E-state index is 0.0559. The van der Waals surface area contributed by atoms with Gasteiger partial charge in [0.1, 0.15) is 23.3 Å². The first kappa shape index (κ1) is 34.0. The summed E-state index contributed by atoms with van der Waals surface area (Å²) in [6, 6.07) is 4.08. The molecule has 3 atom stereocenters. The summed E-state index contributed by atoms with van der Waals surface area (Å²) in [6.07, 6.45) is 1.08. The number of amides is 2. The summed E-state index contributed by atoms with van der Waals surface area (Å²) in [4.78, 5) is 48.2. The number of amidine groups is 1. The quantitative estimate of drug-likeness (QED) is 0.0533. The maximum absolute atomic E-state index is 13.4. The van der Waals surface area contributed by atoms with Crippen molar-refractivity contribution in [2.24, 2.45) is 10.9 Å². The number of hydroxylamine groups is 2. The molecular formula is C27H34N8O10S2. The van der Waals surface area contributed by atoms with Gasteiger partial charge in [0.2, 0.25) is 0 Å². The second kappa shape index (κ2) is 12.3. The van der Waals surface area contributed by atoms with Crippen molar-refractivity contribution in [3.8, 4) is 5.75 Å². The molecule has 0 unspecified atom stereocenters. The number of benzene rings is 1. The van der Waals surface area contributed by atoms with Gasteiger partial charge in [0.05, 0.1) is 5.54 Å². The van der Waals surface area contributed by atoms with Crippen molar-refractivity contribution in [2.45, 2.75) is 81.8 Å². The van der Waals surface area contributed by atoms with Crippen LogP contribution in [0, 0.1) is 5.41 Å². The van der Waals surface area contributed by atoms with Crippen LogP contribution in [0.4, 0.5) is 5.13 Å². The number of nitrogens with two attached hydrogens (primary N) is 2. The maximum atomic E-state index is 13.4. The number of carboxylic acids is 1. The molecule has 1 saturated carbocycles. The van der Waals surface area contributed by atoms with Crippen LogP contribution >= 0.6 is 11.3 Å². The van der Waals surface area contributed by atoms with Gasteiger partial charge in [-0.05, 0) is 70.2 Å². The molecule has 2 aromatic rings. The van der Waals surface area contributed by atoms with Gasteiger partial charge >= 0.3 is 16.4 Å². The van der Waals surface area contributed by atoms with Crippen LogP contribution in [-0.2, 0) is 40.3 Å². The van der Waals surface area contributed by atoms with Gasteiger partial charge in [-0.15, -0.1) is 15.6 Å². The first-order valence-electron chi connectivity index (χ1n) is 14.3. The molecule has 47 heavy (non-hydrogen) atoms. The van der Waals surface area contributed by atoms with Gasteiger partial charge in [-0.1, -0.05) is 5.16 Å². The van der Waals surface area contributed by atoms with Crippen molar-refractivity contribution in [3.63, 3.8) is 0 Å². The number of nitrogen functional groups attached to an aromatic ring is 1. The van der Waals surface area contributed by atoms with E-state index in [1.54, 1.807) is 18.2 Å². The lowest BCUT2D eigenvalue weighted by atomic mass is 9.84. The highest BCUT2D eigenvalue weighted by Crippen LogP contribution is 2.35. The van der Waals surface area contributed by atoms with Crippen LogP contribution in [0.25, 0.3) is 0 Å². The summed E-state index contributed by atoms with van der Waals surface area (Å²) in [5, 5.41) is 29.9. The van der Waals surface area contributed by atoms with Gasteiger partial charge in [0.25, 0.3) is 17.4 Å². The number of fused-ring (bicyclic) bond motifs is 1. The molecule has 20 heteroatoms. The molecule has 2 aliphatic heterocycles. The number of aromatic nitrogens is 1. The van der Waals surface area contributed by atoms with Gasteiger partial charge in [-0.3, -0.25) is 19.6 Å². The molecule has 0 bridgehead atoms. The van der Waals surface area contributed by atoms with Crippen LogP contribution in [0.5, 0.6) is 5.75 Å². The van der Waals surface area contributed by atoms with E-state index in [1.807, 2.05) is 0 Å². The van der Waals surface area contributed by atoms with Gasteiger partial charge < -0.3 is 36.8 Å². The molecule has 18 nitrogen and oxygen atoms in total. The van der Waals surface area contributed by atoms with Crippen LogP contribution in [0.3, 0.4) is 0 Å². The number of thiazole rings is 1. The summed E-state index contributed by atoms with van der Waals surface area (Å²) in [6.45, 7) is 3.97. The molecule has 5 rings (SSSR count). The first-order valence-corrected chi connectivity index (χ1v) is 16.6. The van der Waals surface area contributed by atoms with Crippen LogP contribution in [0.1, 0.15) is 56.9 Å². The minimum atomic E-state index is -5.03. The highest BCUT2D eigenvalue weighted by atomic mass is 32.3. The Morgan fingerprint density at radius 1 is 1.30 bits per heavy atom. The van der Waals surface area contributed by atoms with Crippen molar-refractivity contribution >= 4 is 56.2 Å². The lowest BCUT2D eigenvalue weighted by molar-refractivity contribution is -0.218. The van der Waals surface area contributed by atoms with Crippen LogP contribution in [0.2, 0.25) is 0 Å². The number of nitrogens with zero attached hydrogens (tertiary/aromatic N) is 3. The van der Waals surface area contributed by atoms with Crippen LogP contribution in [-0.4, -0.2) is 92.8 Å². The molecule has 3 aliphatic rings. The van der Waals surface area contributed by atoms with E-state index in [0.717, 1.165) is 29.7 Å². The molecule has 3 heterocycles. The van der Waals surface area contributed by atoms with Gasteiger partial charge in [-0.2, -0.15) is 13.5 Å². The summed E-state index contributed by atoms with van der Waals surface area (Å²) < 4.78 is 41.6. The number of carbonyl (C=O) groups is 3. The number of hydrogen-bond acceptors (Lipinski definition) is 14. The zero-order chi connectivity index (χ0) is 34.5. The number of ether oxygens (including phenoxy) is 1. The third-order valence-electron chi connectivity index (χ3n) is 8.28. The Labute approximate surface area is 272 Å². The van der Waals surface area contributed by atoms with Crippen molar-refractivity contribution in [3.05, 3.63) is 40.4 Å². The number of carboxylic acid groups (broad SMARTS) is 1. The largest absolute Gasteiger partial charge is 0.485 e. The number of carbonyl (C=O) groups excluding carboxylic acids is 2. The zero-order valence-electron chi connectivity index (χ0n) is 25.4. The predicted octanol–water partition coefficient (Wildman–Crippen LogP) is -0.0722. The second-order valence-electron chi connectivity index (χ2n) is 12.1. The van der Waals surface area contributed by atoms with Crippen molar-refractivity contribution in [1.82, 2.24) is 20.7 Å². The number of hydrogen-bond donors (Lipinski definition) is 7. The van der Waals surface area contributed by atoms with Crippen LogP contribution in [0.15, 0.2) is 28.7 Å². The number of rotatable bonds is 11. The van der Waals surface area contributed by atoms with Gasteiger partial charge in [0.15, 0.2) is 16.9 Å². The smallest absolute Gasteiger partial charge is 0.418 e. The second-order valence-corrected chi connectivity index (χ2v) is 14.0. The fraction of sp³-hybridized carbons (Fsp3) is 0.481. The van der Waals surface area contributed by atoms with E-state index in [4.69, 9.17) is 31.0 Å².